The molecule has 0 radical (unpaired) electrons. The van der Waals surface area contributed by atoms with Crippen LogP contribution in [0.2, 0.25) is 0 Å². The molecule has 0 heterocycles. The number of benzene rings is 1. The van der Waals surface area contributed by atoms with Crippen LogP contribution in [-0.2, 0) is 20.8 Å². The summed E-state index contributed by atoms with van der Waals surface area (Å²) in [6, 6.07) is 10.1. The van der Waals surface area contributed by atoms with Crippen LogP contribution in [0, 0.1) is 0 Å². The highest BCUT2D eigenvalue weighted by Gasteiger charge is 1.92. The average molecular weight is 222 g/mol. The maximum absolute atomic E-state index is 5.44. The third-order valence-corrected chi connectivity index (χ3v) is 1.95. The van der Waals surface area contributed by atoms with Crippen molar-refractivity contribution in [2.45, 2.75) is 6.61 Å². The van der Waals surface area contributed by atoms with Gasteiger partial charge in [0.1, 0.15) is 6.61 Å². The van der Waals surface area contributed by atoms with Crippen LogP contribution in [0.15, 0.2) is 43.2 Å². The summed E-state index contributed by atoms with van der Waals surface area (Å²) >= 11 is 0. The molecule has 0 amide bonds. The molecule has 0 aromatic heterocycles. The van der Waals surface area contributed by atoms with Crippen molar-refractivity contribution < 1.29 is 14.2 Å². The van der Waals surface area contributed by atoms with Gasteiger partial charge in [0.15, 0.2) is 0 Å². The summed E-state index contributed by atoms with van der Waals surface area (Å²) in [7, 11) is 0. The molecule has 1 aromatic carbocycles. The molecule has 1 aromatic rings. The van der Waals surface area contributed by atoms with E-state index in [0.717, 1.165) is 0 Å². The van der Waals surface area contributed by atoms with Crippen LogP contribution in [0.1, 0.15) is 5.56 Å². The lowest BCUT2D eigenvalue weighted by atomic mass is 10.2. The minimum atomic E-state index is 0.544. The normalized spacial score (nSPS) is 10.0. The van der Waals surface area contributed by atoms with E-state index in [1.54, 1.807) is 0 Å². The van der Waals surface area contributed by atoms with E-state index in [-0.39, 0.29) is 0 Å². The summed E-state index contributed by atoms with van der Waals surface area (Å²) in [5.41, 5.74) is 1.18. The Morgan fingerprint density at radius 2 is 1.62 bits per heavy atom. The first kappa shape index (κ1) is 12.7. The Hall–Kier alpha value is -1.32. The highest BCUT2D eigenvalue weighted by molar-refractivity contribution is 5.13. The Balaban J connectivity index is 1.90. The molecule has 0 fully saturated rings. The fourth-order valence-electron chi connectivity index (χ4n) is 1.17. The van der Waals surface area contributed by atoms with Gasteiger partial charge < -0.3 is 14.2 Å². The van der Waals surface area contributed by atoms with Crippen molar-refractivity contribution in [2.24, 2.45) is 0 Å². The lowest BCUT2D eigenvalue weighted by Crippen LogP contribution is -2.08. The molecule has 3 heteroatoms. The molecule has 0 saturated carbocycles. The summed E-state index contributed by atoms with van der Waals surface area (Å²) in [6.07, 6.45) is 1.41. The van der Waals surface area contributed by atoms with Gasteiger partial charge in [0.2, 0.25) is 0 Å². The molecule has 0 saturated heterocycles. The number of rotatable bonds is 9. The van der Waals surface area contributed by atoms with Crippen LogP contribution in [-0.4, -0.2) is 26.4 Å². The van der Waals surface area contributed by atoms with Crippen molar-refractivity contribution in [3.63, 3.8) is 0 Å². The van der Waals surface area contributed by atoms with E-state index >= 15 is 0 Å². The minimum Gasteiger partial charge on any atom is -0.499 e. The molecule has 0 unspecified atom stereocenters. The van der Waals surface area contributed by atoms with E-state index in [9.17, 15) is 0 Å². The zero-order chi connectivity index (χ0) is 11.5. The van der Waals surface area contributed by atoms with Crippen molar-refractivity contribution in [1.82, 2.24) is 0 Å². The van der Waals surface area contributed by atoms with Gasteiger partial charge in [0, 0.05) is 0 Å². The second kappa shape index (κ2) is 8.95. The van der Waals surface area contributed by atoms with Gasteiger partial charge in [-0.05, 0) is 5.56 Å². The van der Waals surface area contributed by atoms with E-state index in [0.29, 0.717) is 33.0 Å². The standard InChI is InChI=1S/C13H18O3/c1-2-14-8-9-15-10-11-16-12-13-6-4-3-5-7-13/h2-7H,1,8-12H2. The zero-order valence-electron chi connectivity index (χ0n) is 9.43. The number of ether oxygens (including phenoxy) is 3. The predicted octanol–water partition coefficient (Wildman–Crippen LogP) is 2.38. The molecule has 0 aliphatic rings. The molecular weight excluding hydrogens is 204 g/mol. The van der Waals surface area contributed by atoms with E-state index in [4.69, 9.17) is 14.2 Å². The van der Waals surface area contributed by atoms with Gasteiger partial charge in [-0.15, -0.1) is 0 Å². The van der Waals surface area contributed by atoms with Gasteiger partial charge in [-0.3, -0.25) is 0 Å². The molecule has 88 valence electrons. The van der Waals surface area contributed by atoms with E-state index < -0.39 is 0 Å². The summed E-state index contributed by atoms with van der Waals surface area (Å²) in [5, 5.41) is 0. The van der Waals surface area contributed by atoms with Crippen molar-refractivity contribution >= 4 is 0 Å². The zero-order valence-corrected chi connectivity index (χ0v) is 9.43. The molecule has 16 heavy (non-hydrogen) atoms. The SMILES string of the molecule is C=COCCOCCOCc1ccccc1. The fraction of sp³-hybridized carbons (Fsp3) is 0.385. The highest BCUT2D eigenvalue weighted by Crippen LogP contribution is 1.99. The Kier molecular flexibility index (Phi) is 7.13. The lowest BCUT2D eigenvalue weighted by Gasteiger charge is -2.05. The Bertz CT molecular complexity index is 272. The predicted molar refractivity (Wildman–Crippen MR) is 63.1 cm³/mol. The van der Waals surface area contributed by atoms with Crippen molar-refractivity contribution in [2.75, 3.05) is 26.4 Å². The van der Waals surface area contributed by atoms with E-state index in [1.165, 1.54) is 11.8 Å². The smallest absolute Gasteiger partial charge is 0.111 e. The van der Waals surface area contributed by atoms with Gasteiger partial charge in [-0.2, -0.15) is 0 Å². The third-order valence-electron chi connectivity index (χ3n) is 1.95. The van der Waals surface area contributed by atoms with Crippen LogP contribution < -0.4 is 0 Å². The minimum absolute atomic E-state index is 0.544. The average Bonchev–Trinajstić information content (AvgIpc) is 2.34. The molecular formula is C13H18O3. The van der Waals surface area contributed by atoms with Gasteiger partial charge in [0.05, 0.1) is 32.7 Å². The molecule has 0 atom stereocenters. The molecule has 0 N–H and O–H groups in total. The molecule has 1 rings (SSSR count). The second-order valence-corrected chi connectivity index (χ2v) is 3.19. The van der Waals surface area contributed by atoms with Gasteiger partial charge in [-0.25, -0.2) is 0 Å². The van der Waals surface area contributed by atoms with Gasteiger partial charge in [0.25, 0.3) is 0 Å². The van der Waals surface area contributed by atoms with Crippen molar-refractivity contribution in [3.8, 4) is 0 Å². The molecule has 3 nitrogen and oxygen atoms in total. The van der Waals surface area contributed by atoms with E-state index in [1.807, 2.05) is 30.3 Å². The van der Waals surface area contributed by atoms with Crippen LogP contribution in [0.4, 0.5) is 0 Å². The van der Waals surface area contributed by atoms with Crippen LogP contribution >= 0.6 is 0 Å². The largest absolute Gasteiger partial charge is 0.499 e. The number of hydrogen-bond donors (Lipinski definition) is 0. The van der Waals surface area contributed by atoms with Gasteiger partial charge >= 0.3 is 0 Å². The van der Waals surface area contributed by atoms with Crippen molar-refractivity contribution in [3.05, 3.63) is 48.7 Å². The molecule has 0 bridgehead atoms. The Morgan fingerprint density at radius 1 is 0.938 bits per heavy atom. The lowest BCUT2D eigenvalue weighted by molar-refractivity contribution is 0.0252. The first-order valence-corrected chi connectivity index (χ1v) is 5.35. The topological polar surface area (TPSA) is 27.7 Å². The van der Waals surface area contributed by atoms with Crippen molar-refractivity contribution in [1.29, 1.82) is 0 Å². The Morgan fingerprint density at radius 3 is 2.38 bits per heavy atom. The summed E-state index contributed by atoms with van der Waals surface area (Å²) in [4.78, 5) is 0. The fourth-order valence-corrected chi connectivity index (χ4v) is 1.17. The van der Waals surface area contributed by atoms with Crippen LogP contribution in [0.3, 0.4) is 0 Å². The first-order chi connectivity index (χ1) is 7.93. The van der Waals surface area contributed by atoms with Gasteiger partial charge in [-0.1, -0.05) is 36.9 Å². The third kappa shape index (κ3) is 6.22. The quantitative estimate of drug-likeness (QED) is 0.474. The summed E-state index contributed by atoms with van der Waals surface area (Å²) in [5.74, 6) is 0. The first-order valence-electron chi connectivity index (χ1n) is 5.35. The molecule has 0 aliphatic carbocycles. The highest BCUT2D eigenvalue weighted by atomic mass is 16.5. The molecule has 0 spiro atoms. The van der Waals surface area contributed by atoms with Crippen LogP contribution in [0.5, 0.6) is 0 Å². The summed E-state index contributed by atoms with van der Waals surface area (Å²) in [6.45, 7) is 6.38. The summed E-state index contributed by atoms with van der Waals surface area (Å²) < 4.78 is 15.6. The Labute approximate surface area is 96.6 Å². The van der Waals surface area contributed by atoms with Crippen LogP contribution in [0.25, 0.3) is 0 Å². The van der Waals surface area contributed by atoms with E-state index in [2.05, 4.69) is 6.58 Å². The molecule has 0 aliphatic heterocycles. The monoisotopic (exact) mass is 222 g/mol. The maximum atomic E-state index is 5.44. The maximum Gasteiger partial charge on any atom is 0.111 e. The number of hydrogen-bond acceptors (Lipinski definition) is 3. The second-order valence-electron chi connectivity index (χ2n) is 3.19.